The number of carbonyl (C=O) groups excluding carboxylic acids is 3. The van der Waals surface area contributed by atoms with Crippen LogP contribution in [0.2, 0.25) is 0 Å². The Labute approximate surface area is 335 Å². The first-order valence-electron chi connectivity index (χ1n) is 18.7. The SMILES string of the molecule is CC(Cc1c[nH]c2ccc(OCc3ccccc3)cc12)NC(=O)[C@H](Cc1ccc(OCC(=O)O)c(C(=O)O)c1)NC(=O)[C@H](Cc1ccccc1)NC(=O)OC(C)(C)C. The zero-order valence-electron chi connectivity index (χ0n) is 32.7. The van der Waals surface area contributed by atoms with E-state index in [1.165, 1.54) is 18.2 Å². The molecular formula is C44H48N4O10. The molecule has 1 unspecified atom stereocenters. The van der Waals surface area contributed by atoms with Crippen LogP contribution in [0.3, 0.4) is 0 Å². The molecule has 3 amide bonds. The summed E-state index contributed by atoms with van der Waals surface area (Å²) in [6.07, 6.45) is 1.36. The van der Waals surface area contributed by atoms with Crippen molar-refractivity contribution < 1.29 is 48.4 Å². The van der Waals surface area contributed by atoms with Gasteiger partial charge in [0.2, 0.25) is 11.8 Å². The lowest BCUT2D eigenvalue weighted by Crippen LogP contribution is -2.56. The van der Waals surface area contributed by atoms with Crippen LogP contribution < -0.4 is 25.4 Å². The van der Waals surface area contributed by atoms with Gasteiger partial charge in [0, 0.05) is 36.0 Å². The second-order valence-corrected chi connectivity index (χ2v) is 14.9. The minimum Gasteiger partial charge on any atom is -0.489 e. The van der Waals surface area contributed by atoms with Gasteiger partial charge in [0.1, 0.15) is 41.4 Å². The number of carboxylic acids is 2. The van der Waals surface area contributed by atoms with Crippen molar-refractivity contribution in [3.05, 3.63) is 131 Å². The van der Waals surface area contributed by atoms with Crippen LogP contribution in [0.15, 0.2) is 103 Å². The van der Waals surface area contributed by atoms with Crippen molar-refractivity contribution in [2.24, 2.45) is 0 Å². The molecule has 0 fully saturated rings. The molecule has 0 saturated heterocycles. The minimum absolute atomic E-state index is 0.0764. The number of carboxylic acid groups (broad SMARTS) is 2. The molecule has 5 rings (SSSR count). The third kappa shape index (κ3) is 12.6. The summed E-state index contributed by atoms with van der Waals surface area (Å²) in [6.45, 7) is 6.54. The number of aromatic nitrogens is 1. The number of alkyl carbamates (subject to hydrolysis) is 1. The average Bonchev–Trinajstić information content (AvgIpc) is 3.57. The van der Waals surface area contributed by atoms with Crippen molar-refractivity contribution in [3.63, 3.8) is 0 Å². The molecule has 5 aromatic rings. The highest BCUT2D eigenvalue weighted by Crippen LogP contribution is 2.26. The summed E-state index contributed by atoms with van der Waals surface area (Å²) in [7, 11) is 0. The molecule has 0 aliphatic heterocycles. The Morgan fingerprint density at radius 1 is 0.707 bits per heavy atom. The minimum atomic E-state index is -1.38. The number of rotatable bonds is 18. The third-order valence-corrected chi connectivity index (χ3v) is 8.89. The predicted molar refractivity (Wildman–Crippen MR) is 216 cm³/mol. The molecule has 1 heterocycles. The van der Waals surface area contributed by atoms with E-state index < -0.39 is 60.2 Å². The summed E-state index contributed by atoms with van der Waals surface area (Å²) in [5, 5.41) is 28.3. The van der Waals surface area contributed by atoms with Gasteiger partial charge in [0.05, 0.1) is 0 Å². The van der Waals surface area contributed by atoms with Gasteiger partial charge < -0.3 is 45.4 Å². The van der Waals surface area contributed by atoms with Crippen LogP contribution in [0.25, 0.3) is 10.9 Å². The van der Waals surface area contributed by atoms with Crippen molar-refractivity contribution in [1.29, 1.82) is 0 Å². The maximum Gasteiger partial charge on any atom is 0.408 e. The number of aliphatic carboxylic acids is 1. The van der Waals surface area contributed by atoms with E-state index >= 15 is 0 Å². The fourth-order valence-corrected chi connectivity index (χ4v) is 6.24. The first kappa shape index (κ1) is 42.3. The zero-order valence-corrected chi connectivity index (χ0v) is 32.7. The molecule has 0 aliphatic rings. The molecular weight excluding hydrogens is 745 g/mol. The van der Waals surface area contributed by atoms with E-state index in [2.05, 4.69) is 20.9 Å². The quantitative estimate of drug-likeness (QED) is 0.0627. The Kier molecular flexibility index (Phi) is 14.1. The normalized spacial score (nSPS) is 12.8. The molecule has 0 aliphatic carbocycles. The van der Waals surface area contributed by atoms with Gasteiger partial charge in [-0.05, 0) is 86.7 Å². The van der Waals surface area contributed by atoms with Gasteiger partial charge >= 0.3 is 18.0 Å². The van der Waals surface area contributed by atoms with Gasteiger partial charge in [0.15, 0.2) is 6.61 Å². The zero-order chi connectivity index (χ0) is 41.8. The van der Waals surface area contributed by atoms with Crippen LogP contribution in [-0.4, -0.2) is 75.4 Å². The Bertz CT molecular complexity index is 2220. The summed E-state index contributed by atoms with van der Waals surface area (Å²) in [5.74, 6) is -3.40. The van der Waals surface area contributed by atoms with Crippen LogP contribution in [0, 0.1) is 0 Å². The van der Waals surface area contributed by atoms with Gasteiger partial charge in [0.25, 0.3) is 0 Å². The number of aromatic carboxylic acids is 1. The molecule has 0 spiro atoms. The number of fused-ring (bicyclic) bond motifs is 1. The van der Waals surface area contributed by atoms with Crippen molar-refractivity contribution >= 4 is 40.7 Å². The number of hydrogen-bond donors (Lipinski definition) is 6. The van der Waals surface area contributed by atoms with Gasteiger partial charge in [-0.1, -0.05) is 66.7 Å². The molecule has 0 saturated carbocycles. The first-order valence-corrected chi connectivity index (χ1v) is 18.7. The number of amides is 3. The van der Waals surface area contributed by atoms with Crippen LogP contribution in [-0.2, 0) is 45.0 Å². The van der Waals surface area contributed by atoms with Gasteiger partial charge in [-0.2, -0.15) is 0 Å². The highest BCUT2D eigenvalue weighted by molar-refractivity contribution is 5.93. The molecule has 0 bridgehead atoms. The standard InChI is InChI=1S/C44H48N4O10/c1-27(19-31-24-45-35-17-16-32(23-33(31)35)56-25-29-13-9-6-10-14-29)46-40(51)36(22-30-15-18-38(57-26-39(49)50)34(20-30)42(53)54)47-41(52)37(21-28-11-7-5-8-12-28)48-43(55)58-44(2,3)4/h5-18,20,23-24,27,36-37,45H,19,21-22,25-26H2,1-4H3,(H,46,51)(H,47,52)(H,48,55)(H,49,50)(H,53,54)/t27?,36-,37-/m0/s1. The van der Waals surface area contributed by atoms with Crippen molar-refractivity contribution in [3.8, 4) is 11.5 Å². The van der Waals surface area contributed by atoms with E-state index in [0.717, 1.165) is 27.6 Å². The highest BCUT2D eigenvalue weighted by Gasteiger charge is 2.30. The van der Waals surface area contributed by atoms with E-state index in [0.29, 0.717) is 24.3 Å². The van der Waals surface area contributed by atoms with Gasteiger partial charge in [-0.25, -0.2) is 14.4 Å². The molecule has 4 aromatic carbocycles. The van der Waals surface area contributed by atoms with E-state index in [-0.39, 0.29) is 24.2 Å². The molecule has 14 nitrogen and oxygen atoms in total. The predicted octanol–water partition coefficient (Wildman–Crippen LogP) is 5.82. The second-order valence-electron chi connectivity index (χ2n) is 14.9. The maximum atomic E-state index is 14.1. The lowest BCUT2D eigenvalue weighted by atomic mass is 10.00. The highest BCUT2D eigenvalue weighted by atomic mass is 16.6. The number of carbonyl (C=O) groups is 5. The van der Waals surface area contributed by atoms with Crippen LogP contribution >= 0.6 is 0 Å². The molecule has 0 radical (unpaired) electrons. The largest absolute Gasteiger partial charge is 0.489 e. The van der Waals surface area contributed by atoms with Gasteiger partial charge in [-0.3, -0.25) is 9.59 Å². The number of hydrogen-bond acceptors (Lipinski definition) is 8. The topological polar surface area (TPSA) is 205 Å². The molecule has 3 atom stereocenters. The summed E-state index contributed by atoms with van der Waals surface area (Å²) < 4.78 is 16.7. The van der Waals surface area contributed by atoms with Crippen molar-refractivity contribution in [2.45, 2.75) is 77.3 Å². The van der Waals surface area contributed by atoms with E-state index in [9.17, 15) is 29.1 Å². The van der Waals surface area contributed by atoms with E-state index in [1.54, 1.807) is 45.0 Å². The van der Waals surface area contributed by atoms with E-state index in [4.69, 9.17) is 19.3 Å². The number of ether oxygens (including phenoxy) is 3. The smallest absolute Gasteiger partial charge is 0.408 e. The third-order valence-electron chi connectivity index (χ3n) is 8.89. The Balaban J connectivity index is 1.38. The maximum absolute atomic E-state index is 14.1. The number of nitrogens with one attached hydrogen (secondary N) is 4. The van der Waals surface area contributed by atoms with Crippen LogP contribution in [0.4, 0.5) is 4.79 Å². The summed E-state index contributed by atoms with van der Waals surface area (Å²) in [5.41, 5.74) is 2.75. The monoisotopic (exact) mass is 792 g/mol. The number of H-pyrrole nitrogens is 1. The fourth-order valence-electron chi connectivity index (χ4n) is 6.24. The summed E-state index contributed by atoms with van der Waals surface area (Å²) in [4.78, 5) is 67.6. The first-order chi connectivity index (χ1) is 27.6. The average molecular weight is 793 g/mol. The molecule has 58 heavy (non-hydrogen) atoms. The Hall–Kier alpha value is -6.83. The lowest BCUT2D eigenvalue weighted by Gasteiger charge is -2.26. The van der Waals surface area contributed by atoms with E-state index in [1.807, 2.05) is 67.7 Å². The summed E-state index contributed by atoms with van der Waals surface area (Å²) in [6, 6.07) is 25.8. The molecule has 6 N–H and O–H groups in total. The van der Waals surface area contributed by atoms with Gasteiger partial charge in [-0.15, -0.1) is 0 Å². The fraction of sp³-hybridized carbons (Fsp3) is 0.295. The van der Waals surface area contributed by atoms with Crippen LogP contribution in [0.1, 0.15) is 60.3 Å². The number of aromatic amines is 1. The molecule has 1 aromatic heterocycles. The van der Waals surface area contributed by atoms with Crippen molar-refractivity contribution in [2.75, 3.05) is 6.61 Å². The summed E-state index contributed by atoms with van der Waals surface area (Å²) >= 11 is 0. The lowest BCUT2D eigenvalue weighted by molar-refractivity contribution is -0.139. The Morgan fingerprint density at radius 3 is 2.00 bits per heavy atom. The Morgan fingerprint density at radius 2 is 1.34 bits per heavy atom. The second kappa shape index (κ2) is 19.4. The molecule has 14 heteroatoms. The molecule has 304 valence electrons. The van der Waals surface area contributed by atoms with Crippen molar-refractivity contribution in [1.82, 2.24) is 20.9 Å². The van der Waals surface area contributed by atoms with Crippen LogP contribution in [0.5, 0.6) is 11.5 Å². The number of benzene rings is 4.